The van der Waals surface area contributed by atoms with Crippen LogP contribution in [0.2, 0.25) is 0 Å². The van der Waals surface area contributed by atoms with E-state index in [4.69, 9.17) is 4.74 Å². The van der Waals surface area contributed by atoms with Crippen molar-refractivity contribution in [3.05, 3.63) is 20.4 Å². The summed E-state index contributed by atoms with van der Waals surface area (Å²) in [4.78, 5) is 37.2. The average molecular weight is 294 g/mol. The van der Waals surface area contributed by atoms with Crippen LogP contribution in [0.5, 0.6) is 0 Å². The van der Waals surface area contributed by atoms with E-state index < -0.39 is 10.9 Å². The lowest BCUT2D eigenvalue weighted by atomic mass is 9.96. The highest BCUT2D eigenvalue weighted by Gasteiger charge is 2.32. The molecule has 1 aliphatic rings. The number of hydrogen-bond donors (Lipinski definition) is 1. The van der Waals surface area contributed by atoms with Crippen LogP contribution in [0.4, 0.5) is 11.4 Å². The van der Waals surface area contributed by atoms with E-state index in [0.29, 0.717) is 37.6 Å². The molecular formula is C15H22N2O4. The zero-order chi connectivity index (χ0) is 15.4. The highest BCUT2D eigenvalue weighted by atomic mass is 16.5. The molecule has 1 aromatic carbocycles. The number of esters is 1. The van der Waals surface area contributed by atoms with Gasteiger partial charge >= 0.3 is 5.97 Å². The highest BCUT2D eigenvalue weighted by molar-refractivity contribution is 5.78. The van der Waals surface area contributed by atoms with Gasteiger partial charge in [-0.25, -0.2) is 0 Å². The smallest absolute Gasteiger partial charge is 0.310 e. The van der Waals surface area contributed by atoms with Crippen LogP contribution >= 0.6 is 0 Å². The summed E-state index contributed by atoms with van der Waals surface area (Å²) >= 11 is 0. The van der Waals surface area contributed by atoms with Crippen molar-refractivity contribution in [3.8, 4) is 0 Å². The monoisotopic (exact) mass is 294 g/mol. The number of nitrogens with zero attached hydrogens (tertiary/aromatic N) is 1. The molecule has 116 valence electrons. The van der Waals surface area contributed by atoms with Gasteiger partial charge in [-0.05, 0) is 26.2 Å². The van der Waals surface area contributed by atoms with Gasteiger partial charge in [-0.15, -0.1) is 0 Å². The van der Waals surface area contributed by atoms with Crippen LogP contribution in [0.15, 0.2) is 9.59 Å². The van der Waals surface area contributed by atoms with Gasteiger partial charge < -0.3 is 15.0 Å². The Bertz CT molecular complexity index is 574. The molecule has 0 radical (unpaired) electrons. The lowest BCUT2D eigenvalue weighted by Gasteiger charge is -2.34. The molecule has 6 nitrogen and oxygen atoms in total. The Hall–Kier alpha value is -1.85. The molecule has 1 heterocycles. The second-order valence-corrected chi connectivity index (χ2v) is 5.35. The Morgan fingerprint density at radius 2 is 2.10 bits per heavy atom. The Morgan fingerprint density at radius 3 is 2.76 bits per heavy atom. The average Bonchev–Trinajstić information content (AvgIpc) is 2.50. The Kier molecular flexibility index (Phi) is 4.98. The molecule has 0 saturated carbocycles. The largest absolute Gasteiger partial charge is 0.466 e. The molecule has 0 spiro atoms. The fraction of sp³-hybridized carbons (Fsp3) is 0.667. The first-order valence-electron chi connectivity index (χ1n) is 7.58. The Labute approximate surface area is 123 Å². The first-order valence-corrected chi connectivity index (χ1v) is 7.58. The van der Waals surface area contributed by atoms with Crippen molar-refractivity contribution >= 4 is 17.3 Å². The van der Waals surface area contributed by atoms with Crippen LogP contribution in [-0.4, -0.2) is 32.2 Å². The third kappa shape index (κ3) is 3.09. The molecule has 0 bridgehead atoms. The quantitative estimate of drug-likeness (QED) is 0.620. The topological polar surface area (TPSA) is 75.7 Å². The summed E-state index contributed by atoms with van der Waals surface area (Å²) < 4.78 is 5.05. The number of piperidine rings is 1. The number of carbonyl (C=O) groups excluding carboxylic acids is 1. The van der Waals surface area contributed by atoms with E-state index in [9.17, 15) is 14.4 Å². The van der Waals surface area contributed by atoms with Crippen molar-refractivity contribution in [2.45, 2.75) is 33.1 Å². The maximum absolute atomic E-state index is 11.8. The zero-order valence-electron chi connectivity index (χ0n) is 12.6. The van der Waals surface area contributed by atoms with E-state index in [-0.39, 0.29) is 11.9 Å². The number of nitrogens with one attached hydrogen (secondary N) is 1. The molecule has 21 heavy (non-hydrogen) atoms. The van der Waals surface area contributed by atoms with E-state index in [0.717, 1.165) is 19.3 Å². The third-order valence-corrected chi connectivity index (χ3v) is 3.79. The van der Waals surface area contributed by atoms with E-state index in [1.54, 1.807) is 6.92 Å². The molecule has 1 saturated heterocycles. The van der Waals surface area contributed by atoms with Crippen molar-refractivity contribution < 1.29 is 9.53 Å². The van der Waals surface area contributed by atoms with Crippen LogP contribution in [-0.2, 0) is 9.53 Å². The summed E-state index contributed by atoms with van der Waals surface area (Å²) in [5.74, 6) is -0.439. The SMILES string of the molecule is CCCNc1c(N2CCC[C@H](C(=O)OCC)C2)c(=O)c1=O. The molecule has 1 aromatic rings. The fourth-order valence-corrected chi connectivity index (χ4v) is 2.73. The second kappa shape index (κ2) is 6.74. The molecule has 0 aromatic heterocycles. The van der Waals surface area contributed by atoms with E-state index >= 15 is 0 Å². The van der Waals surface area contributed by atoms with Crippen molar-refractivity contribution in [1.29, 1.82) is 0 Å². The van der Waals surface area contributed by atoms with E-state index in [1.807, 2.05) is 11.8 Å². The molecule has 2 rings (SSSR count). The van der Waals surface area contributed by atoms with Gasteiger partial charge in [-0.3, -0.25) is 14.4 Å². The van der Waals surface area contributed by atoms with Gasteiger partial charge in [-0.2, -0.15) is 0 Å². The van der Waals surface area contributed by atoms with Gasteiger partial charge in [0.05, 0.1) is 12.5 Å². The fourth-order valence-electron chi connectivity index (χ4n) is 2.73. The lowest BCUT2D eigenvalue weighted by Crippen LogP contribution is -2.47. The maximum atomic E-state index is 11.8. The third-order valence-electron chi connectivity index (χ3n) is 3.79. The minimum absolute atomic E-state index is 0.219. The second-order valence-electron chi connectivity index (χ2n) is 5.35. The molecular weight excluding hydrogens is 272 g/mol. The number of carbonyl (C=O) groups is 1. The summed E-state index contributed by atoms with van der Waals surface area (Å²) in [6.45, 7) is 5.94. The van der Waals surface area contributed by atoms with Gasteiger partial charge in [0, 0.05) is 19.6 Å². The number of hydrogen-bond acceptors (Lipinski definition) is 6. The Balaban J connectivity index is 2.11. The number of ether oxygens (including phenoxy) is 1. The van der Waals surface area contributed by atoms with Crippen molar-refractivity contribution in [3.63, 3.8) is 0 Å². The van der Waals surface area contributed by atoms with Gasteiger partial charge in [0.2, 0.25) is 0 Å². The van der Waals surface area contributed by atoms with Crippen LogP contribution in [0.25, 0.3) is 0 Å². The first-order chi connectivity index (χ1) is 10.1. The van der Waals surface area contributed by atoms with Crippen molar-refractivity contribution in [1.82, 2.24) is 0 Å². The van der Waals surface area contributed by atoms with E-state index in [1.165, 1.54) is 0 Å². The van der Waals surface area contributed by atoms with Gasteiger partial charge in [0.25, 0.3) is 10.9 Å². The van der Waals surface area contributed by atoms with Gasteiger partial charge in [0.15, 0.2) is 0 Å². The molecule has 1 N–H and O–H groups in total. The number of rotatable bonds is 6. The molecule has 1 atom stereocenters. The maximum Gasteiger partial charge on any atom is 0.310 e. The van der Waals surface area contributed by atoms with Crippen LogP contribution < -0.4 is 21.1 Å². The minimum atomic E-state index is -0.447. The minimum Gasteiger partial charge on any atom is -0.466 e. The van der Waals surface area contributed by atoms with Crippen LogP contribution in [0.1, 0.15) is 33.1 Å². The highest BCUT2D eigenvalue weighted by Crippen LogP contribution is 2.26. The Morgan fingerprint density at radius 1 is 1.33 bits per heavy atom. The normalized spacial score (nSPS) is 18.8. The van der Waals surface area contributed by atoms with Gasteiger partial charge in [-0.1, -0.05) is 6.92 Å². The summed E-state index contributed by atoms with van der Waals surface area (Å²) in [7, 11) is 0. The molecule has 1 aliphatic heterocycles. The summed E-state index contributed by atoms with van der Waals surface area (Å²) in [5.41, 5.74) is -0.0383. The van der Waals surface area contributed by atoms with Gasteiger partial charge in [0.1, 0.15) is 11.4 Å². The lowest BCUT2D eigenvalue weighted by molar-refractivity contribution is -0.148. The molecule has 6 heteroatoms. The molecule has 0 amide bonds. The van der Waals surface area contributed by atoms with E-state index in [2.05, 4.69) is 5.32 Å². The molecule has 1 fully saturated rings. The van der Waals surface area contributed by atoms with Crippen LogP contribution in [0.3, 0.4) is 0 Å². The number of anilines is 2. The first kappa shape index (κ1) is 15.5. The standard InChI is InChI=1S/C15H22N2O4/c1-3-7-16-11-12(14(19)13(11)18)17-8-5-6-10(9-17)15(20)21-4-2/h10,16H,3-9H2,1-2H3/t10-/m0/s1. The summed E-state index contributed by atoms with van der Waals surface area (Å²) in [6, 6.07) is 0. The zero-order valence-corrected chi connectivity index (χ0v) is 12.6. The summed E-state index contributed by atoms with van der Waals surface area (Å²) in [6.07, 6.45) is 2.46. The summed E-state index contributed by atoms with van der Waals surface area (Å²) in [5, 5.41) is 3.02. The van der Waals surface area contributed by atoms with Crippen LogP contribution in [0, 0.1) is 5.92 Å². The van der Waals surface area contributed by atoms with Crippen molar-refractivity contribution in [2.75, 3.05) is 36.5 Å². The van der Waals surface area contributed by atoms with Crippen molar-refractivity contribution in [2.24, 2.45) is 5.92 Å². The predicted molar refractivity (Wildman–Crippen MR) is 81.7 cm³/mol. The predicted octanol–water partition coefficient (Wildman–Crippen LogP) is 0.884. The molecule has 0 aliphatic carbocycles. The molecule has 0 unspecified atom stereocenters.